The molecule has 0 saturated heterocycles. The maximum Gasteiger partial charge on any atom is 0.266 e. The summed E-state index contributed by atoms with van der Waals surface area (Å²) in [6.45, 7) is 0. The highest BCUT2D eigenvalue weighted by atomic mass is 79.9. The lowest BCUT2D eigenvalue weighted by Gasteiger charge is -2.16. The second kappa shape index (κ2) is 7.62. The van der Waals surface area contributed by atoms with Crippen LogP contribution in [0.5, 0.6) is 0 Å². The lowest BCUT2D eigenvalue weighted by Crippen LogP contribution is -2.26. The van der Waals surface area contributed by atoms with Crippen LogP contribution in [0.1, 0.15) is 10.4 Å². The Morgan fingerprint density at radius 2 is 1.96 bits per heavy atom. The van der Waals surface area contributed by atoms with Gasteiger partial charge < -0.3 is 5.32 Å². The van der Waals surface area contributed by atoms with E-state index in [4.69, 9.17) is 16.4 Å². The van der Waals surface area contributed by atoms with Crippen molar-refractivity contribution in [2.45, 2.75) is 4.90 Å². The molecule has 0 aliphatic rings. The average Bonchev–Trinajstić information content (AvgIpc) is 2.54. The first-order valence-electron chi connectivity index (χ1n) is 6.65. The standard InChI is InChI=1S/C15H14BrClN2O4S/c1-19(23-2)24(21,22)14-8-10(6-7-13(14)17)15(20)18-12-5-3-4-11(16)9-12/h3-9H,1-2H3,(H,18,20). The molecule has 6 nitrogen and oxygen atoms in total. The number of hydroxylamine groups is 1. The first kappa shape index (κ1) is 18.9. The third kappa shape index (κ3) is 4.14. The lowest BCUT2D eigenvalue weighted by atomic mass is 10.2. The second-order valence-electron chi connectivity index (χ2n) is 4.71. The summed E-state index contributed by atoms with van der Waals surface area (Å²) in [5.74, 6) is -0.457. The van der Waals surface area contributed by atoms with Gasteiger partial charge in [-0.25, -0.2) is 8.42 Å². The minimum absolute atomic E-state index is 0.00194. The van der Waals surface area contributed by atoms with E-state index in [1.54, 1.807) is 18.2 Å². The lowest BCUT2D eigenvalue weighted by molar-refractivity contribution is -0.0258. The molecule has 128 valence electrons. The van der Waals surface area contributed by atoms with Gasteiger partial charge in [-0.3, -0.25) is 9.63 Å². The van der Waals surface area contributed by atoms with Gasteiger partial charge in [-0.15, -0.1) is 0 Å². The zero-order valence-corrected chi connectivity index (χ0v) is 15.9. The number of nitrogens with one attached hydrogen (secondary N) is 1. The SMILES string of the molecule is CON(C)S(=O)(=O)c1cc(C(=O)Nc2cccc(Br)c2)ccc1Cl. The number of hydrogen-bond donors (Lipinski definition) is 1. The molecule has 0 aliphatic heterocycles. The van der Waals surface area contributed by atoms with Crippen molar-refractivity contribution in [2.24, 2.45) is 0 Å². The Labute approximate surface area is 153 Å². The predicted octanol–water partition coefficient (Wildman–Crippen LogP) is 3.54. The Bertz CT molecular complexity index is 874. The Hall–Kier alpha value is -1.45. The average molecular weight is 434 g/mol. The van der Waals surface area contributed by atoms with Gasteiger partial charge >= 0.3 is 0 Å². The van der Waals surface area contributed by atoms with Crippen LogP contribution in [0.15, 0.2) is 51.8 Å². The number of carbonyl (C=O) groups is 1. The summed E-state index contributed by atoms with van der Waals surface area (Å²) in [6.07, 6.45) is 0. The first-order valence-corrected chi connectivity index (χ1v) is 9.26. The van der Waals surface area contributed by atoms with E-state index in [9.17, 15) is 13.2 Å². The number of sulfonamides is 1. The monoisotopic (exact) mass is 432 g/mol. The van der Waals surface area contributed by atoms with E-state index >= 15 is 0 Å². The van der Waals surface area contributed by atoms with Crippen molar-refractivity contribution in [3.05, 3.63) is 57.5 Å². The van der Waals surface area contributed by atoms with Gasteiger partial charge in [0.15, 0.2) is 0 Å². The molecule has 24 heavy (non-hydrogen) atoms. The molecule has 0 fully saturated rings. The second-order valence-corrected chi connectivity index (χ2v) is 7.93. The van der Waals surface area contributed by atoms with Gasteiger partial charge in [0, 0.05) is 22.8 Å². The van der Waals surface area contributed by atoms with Crippen LogP contribution in [0.2, 0.25) is 5.02 Å². The molecule has 2 rings (SSSR count). The number of nitrogens with zero attached hydrogens (tertiary/aromatic N) is 1. The van der Waals surface area contributed by atoms with Crippen molar-refractivity contribution < 1.29 is 18.0 Å². The largest absolute Gasteiger partial charge is 0.322 e. The number of benzene rings is 2. The molecule has 1 amide bonds. The third-order valence-corrected chi connectivity index (χ3v) is 5.80. The molecule has 0 radical (unpaired) electrons. The summed E-state index contributed by atoms with van der Waals surface area (Å²) < 4.78 is 26.2. The van der Waals surface area contributed by atoms with E-state index < -0.39 is 15.9 Å². The summed E-state index contributed by atoms with van der Waals surface area (Å²) in [5, 5.41) is 2.69. The highest BCUT2D eigenvalue weighted by Crippen LogP contribution is 2.26. The summed E-state index contributed by atoms with van der Waals surface area (Å²) >= 11 is 9.28. The minimum atomic E-state index is -3.96. The fourth-order valence-corrected chi connectivity index (χ4v) is 3.72. The van der Waals surface area contributed by atoms with E-state index in [1.165, 1.54) is 32.4 Å². The normalized spacial score (nSPS) is 11.5. The van der Waals surface area contributed by atoms with E-state index in [1.807, 2.05) is 6.07 Å². The van der Waals surface area contributed by atoms with Gasteiger partial charge in [0.2, 0.25) is 0 Å². The zero-order valence-electron chi connectivity index (χ0n) is 12.8. The summed E-state index contributed by atoms with van der Waals surface area (Å²) in [4.78, 5) is 16.8. The molecule has 0 unspecified atom stereocenters. The quantitative estimate of drug-likeness (QED) is 0.732. The molecule has 0 aromatic heterocycles. The molecular formula is C15H14BrClN2O4S. The van der Waals surface area contributed by atoms with Crippen molar-refractivity contribution >= 4 is 49.1 Å². The van der Waals surface area contributed by atoms with Crippen molar-refractivity contribution in [1.82, 2.24) is 4.47 Å². The Kier molecular flexibility index (Phi) is 6.00. The number of rotatable bonds is 5. The first-order chi connectivity index (χ1) is 11.3. The number of hydrogen-bond acceptors (Lipinski definition) is 4. The van der Waals surface area contributed by atoms with Gasteiger partial charge in [0.05, 0.1) is 12.1 Å². The van der Waals surface area contributed by atoms with Crippen LogP contribution in [-0.4, -0.2) is 33.0 Å². The molecule has 0 aliphatic carbocycles. The van der Waals surface area contributed by atoms with Crippen molar-refractivity contribution in [3.63, 3.8) is 0 Å². The number of carbonyl (C=O) groups excluding carboxylic acids is 1. The Morgan fingerprint density at radius 3 is 2.58 bits per heavy atom. The maximum absolute atomic E-state index is 12.3. The van der Waals surface area contributed by atoms with E-state index in [0.717, 1.165) is 4.47 Å². The maximum atomic E-state index is 12.3. The minimum Gasteiger partial charge on any atom is -0.322 e. The number of anilines is 1. The summed E-state index contributed by atoms with van der Waals surface area (Å²) in [7, 11) is -1.51. The topological polar surface area (TPSA) is 75.7 Å². The van der Waals surface area contributed by atoms with Crippen LogP contribution < -0.4 is 5.32 Å². The number of amides is 1. The van der Waals surface area contributed by atoms with Crippen molar-refractivity contribution in [3.8, 4) is 0 Å². The molecule has 0 bridgehead atoms. The van der Waals surface area contributed by atoms with Crippen molar-refractivity contribution in [1.29, 1.82) is 0 Å². The summed E-state index contributed by atoms with van der Waals surface area (Å²) in [6, 6.07) is 11.0. The van der Waals surface area contributed by atoms with Gasteiger partial charge in [-0.05, 0) is 36.4 Å². The molecule has 2 aromatic carbocycles. The van der Waals surface area contributed by atoms with Gasteiger partial charge in [0.1, 0.15) is 4.90 Å². The van der Waals surface area contributed by atoms with E-state index in [0.29, 0.717) is 10.2 Å². The van der Waals surface area contributed by atoms with Crippen LogP contribution >= 0.6 is 27.5 Å². The zero-order chi connectivity index (χ0) is 17.9. The van der Waals surface area contributed by atoms with Crippen molar-refractivity contribution in [2.75, 3.05) is 19.5 Å². The van der Waals surface area contributed by atoms with Gasteiger partial charge in [-0.2, -0.15) is 0 Å². The molecule has 0 atom stereocenters. The molecule has 9 heteroatoms. The number of halogens is 2. The summed E-state index contributed by atoms with van der Waals surface area (Å²) in [5.41, 5.74) is 0.727. The molecule has 1 N–H and O–H groups in total. The van der Waals surface area contributed by atoms with Crippen LogP contribution in [0.25, 0.3) is 0 Å². The van der Waals surface area contributed by atoms with Crippen LogP contribution in [0, 0.1) is 0 Å². The predicted molar refractivity (Wildman–Crippen MR) is 95.5 cm³/mol. The molecule has 0 heterocycles. The smallest absolute Gasteiger partial charge is 0.266 e. The fourth-order valence-electron chi connectivity index (χ4n) is 1.85. The van der Waals surface area contributed by atoms with E-state index in [2.05, 4.69) is 21.2 Å². The van der Waals surface area contributed by atoms with E-state index in [-0.39, 0.29) is 15.5 Å². The Morgan fingerprint density at radius 1 is 1.25 bits per heavy atom. The molecular weight excluding hydrogens is 420 g/mol. The van der Waals surface area contributed by atoms with Crippen LogP contribution in [0.3, 0.4) is 0 Å². The third-order valence-electron chi connectivity index (χ3n) is 3.15. The van der Waals surface area contributed by atoms with Crippen LogP contribution in [-0.2, 0) is 14.9 Å². The highest BCUT2D eigenvalue weighted by molar-refractivity contribution is 9.10. The molecule has 2 aromatic rings. The highest BCUT2D eigenvalue weighted by Gasteiger charge is 2.25. The van der Waals surface area contributed by atoms with Gasteiger partial charge in [-0.1, -0.05) is 38.1 Å². The van der Waals surface area contributed by atoms with Gasteiger partial charge in [0.25, 0.3) is 15.9 Å². The molecule has 0 spiro atoms. The van der Waals surface area contributed by atoms with Crippen LogP contribution in [0.4, 0.5) is 5.69 Å². The Balaban J connectivity index is 2.36. The fraction of sp³-hybridized carbons (Fsp3) is 0.133. The molecule has 0 saturated carbocycles.